The molecule has 1 aromatic carbocycles. The molecule has 0 aromatic heterocycles. The number of hydrogen-bond acceptors (Lipinski definition) is 6. The second-order valence-corrected chi connectivity index (χ2v) is 10.7. The molecule has 0 bridgehead atoms. The fourth-order valence-corrected chi connectivity index (χ4v) is 5.70. The van der Waals surface area contributed by atoms with Crippen molar-refractivity contribution in [3.63, 3.8) is 0 Å². The van der Waals surface area contributed by atoms with Gasteiger partial charge in [0.1, 0.15) is 11.9 Å². The molecule has 1 aromatic rings. The van der Waals surface area contributed by atoms with Crippen LogP contribution in [0.2, 0.25) is 0 Å². The van der Waals surface area contributed by atoms with Crippen LogP contribution in [0.5, 0.6) is 0 Å². The number of benzene rings is 1. The Morgan fingerprint density at radius 1 is 1.04 bits per heavy atom. The zero-order valence-corrected chi connectivity index (χ0v) is 19.5. The van der Waals surface area contributed by atoms with Crippen molar-refractivity contribution < 1.29 is 23.6 Å². The van der Waals surface area contributed by atoms with Crippen molar-refractivity contribution in [1.82, 2.24) is 5.06 Å². The molecule has 0 amide bonds. The third-order valence-corrected chi connectivity index (χ3v) is 7.26. The van der Waals surface area contributed by atoms with E-state index in [0.29, 0.717) is 0 Å². The number of nitrogens with zero attached hydrogens (tertiary/aromatic N) is 1. The number of rotatable bonds is 11. The Morgan fingerprint density at radius 3 is 1.93 bits per heavy atom. The first kappa shape index (κ1) is 25.3. The second kappa shape index (κ2) is 10.3. The van der Waals surface area contributed by atoms with Gasteiger partial charge in [-0.1, -0.05) is 51.1 Å². The van der Waals surface area contributed by atoms with Crippen molar-refractivity contribution in [3.05, 3.63) is 35.9 Å². The highest BCUT2D eigenvalue weighted by atomic mass is 31.2. The first-order valence-corrected chi connectivity index (χ1v) is 11.5. The lowest BCUT2D eigenvalue weighted by atomic mass is 9.93. The minimum Gasteiger partial charge on any atom is -0.394 e. The molecule has 7 heteroatoms. The van der Waals surface area contributed by atoms with Gasteiger partial charge in [0.05, 0.1) is 25.4 Å². The Kier molecular flexibility index (Phi) is 9.33. The first-order valence-electron chi connectivity index (χ1n) is 9.93. The van der Waals surface area contributed by atoms with Crippen LogP contribution in [-0.4, -0.2) is 41.3 Å². The van der Waals surface area contributed by atoms with E-state index in [2.05, 4.69) is 0 Å². The Morgan fingerprint density at radius 2 is 1.54 bits per heavy atom. The smallest absolute Gasteiger partial charge is 0.350 e. The van der Waals surface area contributed by atoms with Crippen LogP contribution in [0.3, 0.4) is 0 Å². The molecule has 0 aliphatic rings. The summed E-state index contributed by atoms with van der Waals surface area (Å²) in [4.78, 5) is 6.36. The van der Waals surface area contributed by atoms with Crippen molar-refractivity contribution in [3.8, 4) is 0 Å². The van der Waals surface area contributed by atoms with Gasteiger partial charge in [-0.2, -0.15) is 5.06 Å². The van der Waals surface area contributed by atoms with E-state index < -0.39 is 24.3 Å². The van der Waals surface area contributed by atoms with Crippen molar-refractivity contribution >= 4 is 7.60 Å². The summed E-state index contributed by atoms with van der Waals surface area (Å²) in [6.45, 7) is 15.5. The second-order valence-electron chi connectivity index (χ2n) is 8.57. The average molecular weight is 416 g/mol. The van der Waals surface area contributed by atoms with E-state index in [4.69, 9.17) is 13.9 Å². The van der Waals surface area contributed by atoms with E-state index in [9.17, 15) is 9.67 Å². The molecule has 28 heavy (non-hydrogen) atoms. The molecule has 2 unspecified atom stereocenters. The predicted molar refractivity (Wildman–Crippen MR) is 113 cm³/mol. The highest BCUT2D eigenvalue weighted by molar-refractivity contribution is 7.54. The molecule has 0 aliphatic carbocycles. The van der Waals surface area contributed by atoms with Crippen LogP contribution in [0.1, 0.15) is 67.1 Å². The third kappa shape index (κ3) is 6.38. The Hall–Kier alpha value is -0.750. The standard InChI is InChI=1S/C21H38NO5P/c1-9-25-28(24,26-10-2)19(20(4,5)6)22(21(7,8)16-23)27-17(3)18-14-12-11-13-15-18/h11-15,17,19,23H,9-10,16H2,1-8H3. The molecule has 0 spiro atoms. The molecule has 0 heterocycles. The summed E-state index contributed by atoms with van der Waals surface area (Å²) in [5, 5.41) is 11.7. The molecule has 1 N–H and O–H groups in total. The van der Waals surface area contributed by atoms with Crippen molar-refractivity contribution in [1.29, 1.82) is 0 Å². The molecule has 0 saturated carbocycles. The van der Waals surface area contributed by atoms with Crippen LogP contribution in [0, 0.1) is 5.41 Å². The average Bonchev–Trinajstić information content (AvgIpc) is 2.61. The van der Waals surface area contributed by atoms with Gasteiger partial charge in [0.2, 0.25) is 0 Å². The molecule has 0 radical (unpaired) electrons. The number of aliphatic hydroxyl groups excluding tert-OH is 1. The largest absolute Gasteiger partial charge is 0.394 e. The molecule has 2 atom stereocenters. The van der Waals surface area contributed by atoms with Crippen LogP contribution in [0.25, 0.3) is 0 Å². The summed E-state index contributed by atoms with van der Waals surface area (Å²) in [5.74, 6) is -0.715. The van der Waals surface area contributed by atoms with Crippen LogP contribution in [0.4, 0.5) is 0 Å². The van der Waals surface area contributed by atoms with E-state index in [0.717, 1.165) is 5.56 Å². The van der Waals surface area contributed by atoms with Crippen molar-refractivity contribution in [2.24, 2.45) is 5.41 Å². The maximum Gasteiger partial charge on any atom is 0.350 e. The molecule has 0 aliphatic heterocycles. The van der Waals surface area contributed by atoms with Gasteiger partial charge < -0.3 is 14.2 Å². The van der Waals surface area contributed by atoms with Crippen LogP contribution >= 0.6 is 7.60 Å². The normalized spacial score (nSPS) is 15.6. The zero-order valence-electron chi connectivity index (χ0n) is 18.6. The SMILES string of the molecule is CCOP(=O)(OCC)C(N(OC(C)c1ccccc1)C(C)(C)CO)C(C)(C)C. The molecule has 0 saturated heterocycles. The maximum atomic E-state index is 13.8. The molecule has 1 rings (SSSR count). The highest BCUT2D eigenvalue weighted by Crippen LogP contribution is 2.61. The lowest BCUT2D eigenvalue weighted by Crippen LogP contribution is -2.56. The van der Waals surface area contributed by atoms with Gasteiger partial charge in [0.15, 0.2) is 0 Å². The van der Waals surface area contributed by atoms with Gasteiger partial charge in [0, 0.05) is 0 Å². The minimum atomic E-state index is -3.57. The molecule has 0 fully saturated rings. The lowest BCUT2D eigenvalue weighted by Gasteiger charge is -2.48. The van der Waals surface area contributed by atoms with Crippen molar-refractivity contribution in [2.45, 2.75) is 72.8 Å². The maximum absolute atomic E-state index is 13.8. The van der Waals surface area contributed by atoms with Crippen LogP contribution in [-0.2, 0) is 18.5 Å². The fraction of sp³-hybridized carbons (Fsp3) is 0.714. The number of hydrogen-bond donors (Lipinski definition) is 1. The van der Waals surface area contributed by atoms with Gasteiger partial charge >= 0.3 is 7.60 Å². The highest BCUT2D eigenvalue weighted by Gasteiger charge is 2.52. The van der Waals surface area contributed by atoms with E-state index in [1.54, 1.807) is 18.9 Å². The van der Waals surface area contributed by atoms with E-state index >= 15 is 0 Å². The topological polar surface area (TPSA) is 68.2 Å². The van der Waals surface area contributed by atoms with Gasteiger partial charge in [-0.3, -0.25) is 9.40 Å². The van der Waals surface area contributed by atoms with E-state index in [1.807, 2.05) is 71.9 Å². The zero-order chi connectivity index (χ0) is 21.6. The monoisotopic (exact) mass is 415 g/mol. The third-order valence-electron chi connectivity index (χ3n) is 4.44. The van der Waals surface area contributed by atoms with Gasteiger partial charge in [-0.05, 0) is 45.6 Å². The van der Waals surface area contributed by atoms with Crippen LogP contribution in [0.15, 0.2) is 30.3 Å². The van der Waals surface area contributed by atoms with Crippen molar-refractivity contribution in [2.75, 3.05) is 19.8 Å². The first-order chi connectivity index (χ1) is 12.9. The number of hydroxylamine groups is 2. The predicted octanol–water partition coefficient (Wildman–Crippen LogP) is 5.39. The molecular weight excluding hydrogens is 377 g/mol. The summed E-state index contributed by atoms with van der Waals surface area (Å²) < 4.78 is 25.2. The van der Waals surface area contributed by atoms with Gasteiger partial charge in [-0.25, -0.2) is 0 Å². The summed E-state index contributed by atoms with van der Waals surface area (Å²) in [5.41, 5.74) is -0.343. The summed E-state index contributed by atoms with van der Waals surface area (Å²) in [6.07, 6.45) is -0.312. The summed E-state index contributed by atoms with van der Waals surface area (Å²) in [6, 6.07) is 9.80. The number of aliphatic hydroxyl groups is 1. The minimum absolute atomic E-state index is 0.181. The Labute approximate surface area is 170 Å². The van der Waals surface area contributed by atoms with Crippen LogP contribution < -0.4 is 0 Å². The van der Waals surface area contributed by atoms with Gasteiger partial charge in [0.25, 0.3) is 0 Å². The quantitative estimate of drug-likeness (QED) is 0.386. The summed E-state index contributed by atoms with van der Waals surface area (Å²) in [7, 11) is -3.57. The van der Waals surface area contributed by atoms with E-state index in [1.165, 1.54) is 0 Å². The summed E-state index contributed by atoms with van der Waals surface area (Å²) >= 11 is 0. The molecule has 162 valence electrons. The molecular formula is C21H38NO5P. The Balaban J connectivity index is 3.46. The van der Waals surface area contributed by atoms with E-state index in [-0.39, 0.29) is 25.9 Å². The fourth-order valence-electron chi connectivity index (χ4n) is 3.05. The Bertz CT molecular complexity index is 619. The van der Waals surface area contributed by atoms with Gasteiger partial charge in [-0.15, -0.1) is 0 Å². The molecule has 6 nitrogen and oxygen atoms in total. The lowest BCUT2D eigenvalue weighted by molar-refractivity contribution is -0.274.